The highest BCUT2D eigenvalue weighted by molar-refractivity contribution is 7.99. The summed E-state index contributed by atoms with van der Waals surface area (Å²) in [6.07, 6.45) is 1.22. The standard InChI is InChI=1S/C13H17F2NOS/c14-9-1-2-11(12(15)7-9)13(17)8-16-10-3-5-18-6-4-10/h1-2,7,10,13,16-17H,3-6,8H2. The van der Waals surface area contributed by atoms with E-state index >= 15 is 0 Å². The van der Waals surface area contributed by atoms with Crippen LogP contribution < -0.4 is 5.32 Å². The number of hydrogen-bond donors (Lipinski definition) is 2. The lowest BCUT2D eigenvalue weighted by molar-refractivity contribution is 0.164. The molecule has 2 nitrogen and oxygen atoms in total. The van der Waals surface area contributed by atoms with E-state index in [1.165, 1.54) is 12.1 Å². The van der Waals surface area contributed by atoms with Gasteiger partial charge in [0, 0.05) is 24.2 Å². The van der Waals surface area contributed by atoms with E-state index in [1.807, 2.05) is 11.8 Å². The molecule has 18 heavy (non-hydrogen) atoms. The molecule has 0 radical (unpaired) electrons. The van der Waals surface area contributed by atoms with Crippen LogP contribution in [0.3, 0.4) is 0 Å². The number of aliphatic hydroxyl groups is 1. The van der Waals surface area contributed by atoms with Gasteiger partial charge < -0.3 is 10.4 Å². The molecule has 1 atom stereocenters. The molecule has 1 saturated heterocycles. The molecular weight excluding hydrogens is 256 g/mol. The molecule has 2 N–H and O–H groups in total. The van der Waals surface area contributed by atoms with Crippen molar-refractivity contribution in [3.05, 3.63) is 35.4 Å². The maximum absolute atomic E-state index is 13.4. The first kappa shape index (κ1) is 13.8. The van der Waals surface area contributed by atoms with E-state index in [4.69, 9.17) is 0 Å². The van der Waals surface area contributed by atoms with E-state index in [2.05, 4.69) is 5.32 Å². The molecule has 5 heteroatoms. The van der Waals surface area contributed by atoms with Crippen molar-refractivity contribution in [2.75, 3.05) is 18.1 Å². The molecule has 1 aliphatic heterocycles. The first-order valence-corrected chi connectivity index (χ1v) is 7.26. The van der Waals surface area contributed by atoms with Crippen molar-refractivity contribution in [2.45, 2.75) is 25.0 Å². The van der Waals surface area contributed by atoms with Gasteiger partial charge in [0.15, 0.2) is 0 Å². The van der Waals surface area contributed by atoms with Crippen LogP contribution in [0, 0.1) is 11.6 Å². The van der Waals surface area contributed by atoms with Crippen LogP contribution in [-0.2, 0) is 0 Å². The summed E-state index contributed by atoms with van der Waals surface area (Å²) in [6, 6.07) is 3.66. The highest BCUT2D eigenvalue weighted by atomic mass is 32.2. The molecule has 1 aliphatic rings. The van der Waals surface area contributed by atoms with E-state index < -0.39 is 17.7 Å². The lowest BCUT2D eigenvalue weighted by atomic mass is 10.1. The highest BCUT2D eigenvalue weighted by Gasteiger charge is 2.17. The third-order valence-electron chi connectivity index (χ3n) is 3.14. The average Bonchev–Trinajstić information content (AvgIpc) is 2.37. The van der Waals surface area contributed by atoms with Crippen molar-refractivity contribution in [2.24, 2.45) is 0 Å². The normalized spacial score (nSPS) is 18.8. The number of nitrogens with one attached hydrogen (secondary N) is 1. The summed E-state index contributed by atoms with van der Waals surface area (Å²) in [4.78, 5) is 0. The zero-order valence-corrected chi connectivity index (χ0v) is 10.9. The SMILES string of the molecule is OC(CNC1CCSCC1)c1ccc(F)cc1F. The van der Waals surface area contributed by atoms with Gasteiger partial charge in [0.25, 0.3) is 0 Å². The Morgan fingerprint density at radius 2 is 2.06 bits per heavy atom. The van der Waals surface area contributed by atoms with Gasteiger partial charge in [-0.05, 0) is 30.4 Å². The number of aliphatic hydroxyl groups excluding tert-OH is 1. The Kier molecular flexibility index (Phi) is 4.97. The van der Waals surface area contributed by atoms with Gasteiger partial charge in [0.2, 0.25) is 0 Å². The largest absolute Gasteiger partial charge is 0.387 e. The Hall–Kier alpha value is -0.650. The van der Waals surface area contributed by atoms with E-state index in [0.29, 0.717) is 12.6 Å². The van der Waals surface area contributed by atoms with Gasteiger partial charge in [-0.3, -0.25) is 0 Å². The van der Waals surface area contributed by atoms with Crippen molar-refractivity contribution in [1.29, 1.82) is 0 Å². The Labute approximate surface area is 110 Å². The zero-order chi connectivity index (χ0) is 13.0. The fourth-order valence-corrected chi connectivity index (χ4v) is 3.17. The Balaban J connectivity index is 1.88. The second-order valence-corrected chi connectivity index (χ2v) is 5.70. The molecular formula is C13H17F2NOS. The van der Waals surface area contributed by atoms with Gasteiger partial charge in [-0.1, -0.05) is 6.07 Å². The summed E-state index contributed by atoms with van der Waals surface area (Å²) in [5, 5.41) is 13.1. The van der Waals surface area contributed by atoms with Crippen molar-refractivity contribution >= 4 is 11.8 Å². The van der Waals surface area contributed by atoms with Gasteiger partial charge >= 0.3 is 0 Å². The van der Waals surface area contributed by atoms with Crippen LogP contribution >= 0.6 is 11.8 Å². The minimum absolute atomic E-state index is 0.147. The molecule has 1 unspecified atom stereocenters. The van der Waals surface area contributed by atoms with E-state index in [-0.39, 0.29) is 5.56 Å². The van der Waals surface area contributed by atoms with Crippen LogP contribution in [0.1, 0.15) is 24.5 Å². The van der Waals surface area contributed by atoms with Crippen molar-refractivity contribution in [3.63, 3.8) is 0 Å². The van der Waals surface area contributed by atoms with Gasteiger partial charge in [-0.25, -0.2) is 8.78 Å². The van der Waals surface area contributed by atoms with Gasteiger partial charge in [-0.15, -0.1) is 0 Å². The molecule has 0 aliphatic carbocycles. The summed E-state index contributed by atoms with van der Waals surface area (Å²) < 4.78 is 26.2. The summed E-state index contributed by atoms with van der Waals surface area (Å²) in [6.45, 7) is 0.303. The molecule has 1 fully saturated rings. The third-order valence-corrected chi connectivity index (χ3v) is 4.19. The highest BCUT2D eigenvalue weighted by Crippen LogP contribution is 2.20. The van der Waals surface area contributed by atoms with Crippen molar-refractivity contribution < 1.29 is 13.9 Å². The third kappa shape index (κ3) is 3.67. The Morgan fingerprint density at radius 1 is 1.33 bits per heavy atom. The molecule has 0 spiro atoms. The number of halogens is 2. The van der Waals surface area contributed by atoms with Crippen molar-refractivity contribution in [1.82, 2.24) is 5.32 Å². The van der Waals surface area contributed by atoms with E-state index in [0.717, 1.165) is 30.4 Å². The van der Waals surface area contributed by atoms with Gasteiger partial charge in [-0.2, -0.15) is 11.8 Å². The molecule has 0 amide bonds. The molecule has 0 bridgehead atoms. The number of rotatable bonds is 4. The molecule has 1 heterocycles. The Morgan fingerprint density at radius 3 is 2.72 bits per heavy atom. The Bertz CT molecular complexity index is 397. The van der Waals surface area contributed by atoms with Crippen molar-refractivity contribution in [3.8, 4) is 0 Å². The minimum atomic E-state index is -0.930. The number of benzene rings is 1. The lowest BCUT2D eigenvalue weighted by Gasteiger charge is -2.24. The molecule has 0 saturated carbocycles. The van der Waals surface area contributed by atoms with Crippen LogP contribution in [0.2, 0.25) is 0 Å². The first-order chi connectivity index (χ1) is 8.66. The predicted molar refractivity (Wildman–Crippen MR) is 69.7 cm³/mol. The monoisotopic (exact) mass is 273 g/mol. The average molecular weight is 273 g/mol. The maximum Gasteiger partial charge on any atom is 0.131 e. The fraction of sp³-hybridized carbons (Fsp3) is 0.538. The number of thioether (sulfide) groups is 1. The maximum atomic E-state index is 13.4. The molecule has 0 aromatic heterocycles. The lowest BCUT2D eigenvalue weighted by Crippen LogP contribution is -2.35. The minimum Gasteiger partial charge on any atom is -0.387 e. The summed E-state index contributed by atoms with van der Waals surface area (Å²) in [5.41, 5.74) is 0.147. The first-order valence-electron chi connectivity index (χ1n) is 6.11. The molecule has 100 valence electrons. The summed E-state index contributed by atoms with van der Waals surface area (Å²) in [5.74, 6) is 0.932. The topological polar surface area (TPSA) is 32.3 Å². The quantitative estimate of drug-likeness (QED) is 0.884. The fourth-order valence-electron chi connectivity index (χ4n) is 2.06. The molecule has 1 aromatic rings. The molecule has 2 rings (SSSR count). The van der Waals surface area contributed by atoms with Crippen LogP contribution in [0.5, 0.6) is 0 Å². The van der Waals surface area contributed by atoms with Crippen LogP contribution in [-0.4, -0.2) is 29.2 Å². The van der Waals surface area contributed by atoms with Crippen LogP contribution in [0.4, 0.5) is 8.78 Å². The second kappa shape index (κ2) is 6.50. The number of hydrogen-bond acceptors (Lipinski definition) is 3. The molecule has 1 aromatic carbocycles. The van der Waals surface area contributed by atoms with E-state index in [9.17, 15) is 13.9 Å². The van der Waals surface area contributed by atoms with Crippen LogP contribution in [0.25, 0.3) is 0 Å². The predicted octanol–water partition coefficient (Wildman–Crippen LogP) is 2.48. The van der Waals surface area contributed by atoms with Gasteiger partial charge in [0.05, 0.1) is 6.10 Å². The zero-order valence-electron chi connectivity index (χ0n) is 10.0. The summed E-state index contributed by atoms with van der Waals surface area (Å²) in [7, 11) is 0. The summed E-state index contributed by atoms with van der Waals surface area (Å²) >= 11 is 1.93. The van der Waals surface area contributed by atoms with Crippen LogP contribution in [0.15, 0.2) is 18.2 Å². The van der Waals surface area contributed by atoms with Gasteiger partial charge in [0.1, 0.15) is 11.6 Å². The second-order valence-electron chi connectivity index (χ2n) is 4.48. The smallest absolute Gasteiger partial charge is 0.131 e. The van der Waals surface area contributed by atoms with E-state index in [1.54, 1.807) is 0 Å².